The fourth-order valence-corrected chi connectivity index (χ4v) is 3.77. The molecule has 0 aliphatic carbocycles. The molecule has 8 heteroatoms. The lowest BCUT2D eigenvalue weighted by Crippen LogP contribution is -2.38. The molecule has 0 atom stereocenters. The number of carbonyl (C=O) groups is 1. The third-order valence-electron chi connectivity index (χ3n) is 5.35. The Balaban J connectivity index is 1.56. The first-order valence-corrected chi connectivity index (χ1v) is 9.78. The molecule has 0 saturated carbocycles. The van der Waals surface area contributed by atoms with Crippen LogP contribution in [0, 0.1) is 6.92 Å². The summed E-state index contributed by atoms with van der Waals surface area (Å²) < 4.78 is 3.37. The van der Waals surface area contributed by atoms with Crippen LogP contribution < -0.4 is 16.2 Å². The monoisotopic (exact) mass is 392 g/mol. The van der Waals surface area contributed by atoms with Crippen LogP contribution in [0.3, 0.4) is 0 Å². The van der Waals surface area contributed by atoms with Crippen molar-refractivity contribution in [2.45, 2.75) is 32.4 Å². The van der Waals surface area contributed by atoms with E-state index in [-0.39, 0.29) is 29.6 Å². The van der Waals surface area contributed by atoms with Gasteiger partial charge in [0, 0.05) is 18.8 Å². The molecule has 1 amide bonds. The average Bonchev–Trinajstić information content (AvgIpc) is 3.28. The van der Waals surface area contributed by atoms with E-state index in [9.17, 15) is 9.59 Å². The largest absolute Gasteiger partial charge is 0.348 e. The van der Waals surface area contributed by atoms with E-state index in [2.05, 4.69) is 20.7 Å². The molecule has 4 rings (SSSR count). The van der Waals surface area contributed by atoms with Crippen LogP contribution in [0.1, 0.15) is 40.4 Å². The van der Waals surface area contributed by atoms with Crippen molar-refractivity contribution in [1.29, 1.82) is 0 Å². The Morgan fingerprint density at radius 1 is 1.24 bits per heavy atom. The average molecular weight is 392 g/mol. The number of para-hydroxylation sites is 1. The molecular formula is C21H24N6O2. The van der Waals surface area contributed by atoms with Gasteiger partial charge in [0.05, 0.1) is 5.69 Å². The molecule has 1 aliphatic heterocycles. The van der Waals surface area contributed by atoms with Crippen LogP contribution in [0.4, 0.5) is 0 Å². The first-order chi connectivity index (χ1) is 14.1. The molecule has 3 heterocycles. The van der Waals surface area contributed by atoms with Crippen LogP contribution in [-0.2, 0) is 6.54 Å². The predicted molar refractivity (Wildman–Crippen MR) is 109 cm³/mol. The highest BCUT2D eigenvalue weighted by atomic mass is 16.2. The minimum absolute atomic E-state index is 0.129. The Labute approximate surface area is 168 Å². The standard InChI is InChI=1S/C21H24N6O2/c1-15-8-11-26(17-6-9-22-10-7-17)21(29)19(15)20(28)24-12-16-4-2-3-5-18(16)27-14-23-13-25-27/h2-5,8,11,13-14,17,22H,6-7,9-10,12H2,1H3,(H,24,28). The number of aromatic nitrogens is 4. The van der Waals surface area contributed by atoms with E-state index in [0.29, 0.717) is 5.56 Å². The molecule has 1 aromatic carbocycles. The van der Waals surface area contributed by atoms with Gasteiger partial charge in [0.2, 0.25) is 0 Å². The summed E-state index contributed by atoms with van der Waals surface area (Å²) in [6, 6.07) is 9.61. The topological polar surface area (TPSA) is 93.8 Å². The number of carbonyl (C=O) groups excluding carboxylic acids is 1. The van der Waals surface area contributed by atoms with Crippen LogP contribution in [-0.4, -0.2) is 38.3 Å². The molecule has 0 spiro atoms. The summed E-state index contributed by atoms with van der Waals surface area (Å²) in [5, 5.41) is 10.4. The Hall–Kier alpha value is -3.26. The van der Waals surface area contributed by atoms with E-state index in [4.69, 9.17) is 0 Å². The van der Waals surface area contributed by atoms with E-state index < -0.39 is 0 Å². The minimum Gasteiger partial charge on any atom is -0.348 e. The molecule has 29 heavy (non-hydrogen) atoms. The maximum absolute atomic E-state index is 13.1. The van der Waals surface area contributed by atoms with Gasteiger partial charge in [0.15, 0.2) is 0 Å². The molecule has 0 bridgehead atoms. The van der Waals surface area contributed by atoms with Gasteiger partial charge in [-0.3, -0.25) is 9.59 Å². The van der Waals surface area contributed by atoms with Gasteiger partial charge >= 0.3 is 0 Å². The summed E-state index contributed by atoms with van der Waals surface area (Å²) in [7, 11) is 0. The van der Waals surface area contributed by atoms with E-state index in [1.54, 1.807) is 22.5 Å². The van der Waals surface area contributed by atoms with Crippen molar-refractivity contribution in [1.82, 2.24) is 30.0 Å². The third-order valence-corrected chi connectivity index (χ3v) is 5.35. The van der Waals surface area contributed by atoms with Gasteiger partial charge in [-0.1, -0.05) is 18.2 Å². The number of piperidine rings is 1. The summed E-state index contributed by atoms with van der Waals surface area (Å²) in [4.78, 5) is 30.0. The van der Waals surface area contributed by atoms with Crippen molar-refractivity contribution in [2.75, 3.05) is 13.1 Å². The third kappa shape index (κ3) is 3.97. The van der Waals surface area contributed by atoms with Gasteiger partial charge in [-0.05, 0) is 56.1 Å². The lowest BCUT2D eigenvalue weighted by molar-refractivity contribution is 0.0947. The number of nitrogens with one attached hydrogen (secondary N) is 2. The second-order valence-electron chi connectivity index (χ2n) is 7.22. The molecular weight excluding hydrogens is 368 g/mol. The number of hydrogen-bond donors (Lipinski definition) is 2. The van der Waals surface area contributed by atoms with Gasteiger partial charge < -0.3 is 15.2 Å². The molecule has 0 radical (unpaired) electrons. The van der Waals surface area contributed by atoms with Gasteiger partial charge in [0.1, 0.15) is 18.2 Å². The van der Waals surface area contributed by atoms with Gasteiger partial charge in [-0.2, -0.15) is 5.10 Å². The van der Waals surface area contributed by atoms with Crippen LogP contribution >= 0.6 is 0 Å². The van der Waals surface area contributed by atoms with E-state index in [1.165, 1.54) is 6.33 Å². The van der Waals surface area contributed by atoms with E-state index in [1.807, 2.05) is 36.5 Å². The molecule has 1 aliphatic rings. The molecule has 2 aromatic heterocycles. The molecule has 1 fully saturated rings. The van der Waals surface area contributed by atoms with Crippen molar-refractivity contribution >= 4 is 5.91 Å². The highest BCUT2D eigenvalue weighted by Gasteiger charge is 2.21. The number of benzene rings is 1. The van der Waals surface area contributed by atoms with Crippen LogP contribution in [0.5, 0.6) is 0 Å². The normalized spacial score (nSPS) is 14.7. The van der Waals surface area contributed by atoms with Crippen molar-refractivity contribution in [2.24, 2.45) is 0 Å². The highest BCUT2D eigenvalue weighted by molar-refractivity contribution is 5.95. The summed E-state index contributed by atoms with van der Waals surface area (Å²) in [5.74, 6) is -0.357. The Kier molecular flexibility index (Phi) is 5.53. The number of amides is 1. The second-order valence-corrected chi connectivity index (χ2v) is 7.22. The number of aryl methyl sites for hydroxylation is 1. The molecule has 3 aromatic rings. The summed E-state index contributed by atoms with van der Waals surface area (Å²) in [5.41, 5.74) is 2.39. The smallest absolute Gasteiger partial charge is 0.263 e. The Morgan fingerprint density at radius 2 is 2.03 bits per heavy atom. The zero-order valence-corrected chi connectivity index (χ0v) is 16.3. The van der Waals surface area contributed by atoms with Crippen LogP contribution in [0.15, 0.2) is 54.0 Å². The first kappa shape index (κ1) is 19.1. The van der Waals surface area contributed by atoms with Crippen molar-refractivity contribution in [3.05, 3.63) is 76.2 Å². The number of rotatable bonds is 5. The first-order valence-electron chi connectivity index (χ1n) is 9.78. The lowest BCUT2D eigenvalue weighted by atomic mass is 10.0. The second kappa shape index (κ2) is 8.40. The zero-order valence-electron chi connectivity index (χ0n) is 16.3. The van der Waals surface area contributed by atoms with Crippen LogP contribution in [0.2, 0.25) is 0 Å². The number of hydrogen-bond acceptors (Lipinski definition) is 5. The molecule has 150 valence electrons. The fourth-order valence-electron chi connectivity index (χ4n) is 3.77. The summed E-state index contributed by atoms with van der Waals surface area (Å²) >= 11 is 0. The maximum atomic E-state index is 13.1. The number of nitrogens with zero attached hydrogens (tertiary/aromatic N) is 4. The molecule has 2 N–H and O–H groups in total. The minimum atomic E-state index is -0.357. The maximum Gasteiger partial charge on any atom is 0.263 e. The summed E-state index contributed by atoms with van der Waals surface area (Å²) in [6.07, 6.45) is 6.65. The zero-order chi connectivity index (χ0) is 20.2. The Morgan fingerprint density at radius 3 is 2.79 bits per heavy atom. The van der Waals surface area contributed by atoms with E-state index in [0.717, 1.165) is 37.2 Å². The highest BCUT2D eigenvalue weighted by Crippen LogP contribution is 2.17. The molecule has 0 unspecified atom stereocenters. The van der Waals surface area contributed by atoms with Crippen molar-refractivity contribution < 1.29 is 4.79 Å². The van der Waals surface area contributed by atoms with Crippen molar-refractivity contribution in [3.8, 4) is 5.69 Å². The van der Waals surface area contributed by atoms with Gasteiger partial charge in [-0.15, -0.1) is 0 Å². The van der Waals surface area contributed by atoms with E-state index >= 15 is 0 Å². The summed E-state index contributed by atoms with van der Waals surface area (Å²) in [6.45, 7) is 3.85. The quantitative estimate of drug-likeness (QED) is 0.688. The predicted octanol–water partition coefficient (Wildman–Crippen LogP) is 1.59. The van der Waals surface area contributed by atoms with Crippen molar-refractivity contribution in [3.63, 3.8) is 0 Å². The van der Waals surface area contributed by atoms with Gasteiger partial charge in [0.25, 0.3) is 11.5 Å². The molecule has 8 nitrogen and oxygen atoms in total. The lowest BCUT2D eigenvalue weighted by Gasteiger charge is -2.25. The fraction of sp³-hybridized carbons (Fsp3) is 0.333. The Bertz CT molecular complexity index is 1050. The number of pyridine rings is 1. The SMILES string of the molecule is Cc1ccn(C2CCNCC2)c(=O)c1C(=O)NCc1ccccc1-n1cncn1. The van der Waals surface area contributed by atoms with Gasteiger partial charge in [-0.25, -0.2) is 9.67 Å². The molecule has 1 saturated heterocycles. The van der Waals surface area contributed by atoms with Crippen LogP contribution in [0.25, 0.3) is 5.69 Å².